The summed E-state index contributed by atoms with van der Waals surface area (Å²) in [6, 6.07) is 5.59. The van der Waals surface area contributed by atoms with Crippen LogP contribution < -0.4 is 5.32 Å². The monoisotopic (exact) mass is 273 g/mol. The summed E-state index contributed by atoms with van der Waals surface area (Å²) in [5.74, 6) is 0. The summed E-state index contributed by atoms with van der Waals surface area (Å²) >= 11 is 0. The first-order valence-electron chi connectivity index (χ1n) is 6.53. The fourth-order valence-electron chi connectivity index (χ4n) is 2.35. The van der Waals surface area contributed by atoms with Crippen LogP contribution in [-0.2, 0) is 12.7 Å². The highest BCUT2D eigenvalue weighted by Gasteiger charge is 2.29. The van der Waals surface area contributed by atoms with E-state index in [0.29, 0.717) is 12.6 Å². The number of aliphatic hydroxyl groups is 1. The molecule has 5 heteroatoms. The van der Waals surface area contributed by atoms with E-state index in [0.717, 1.165) is 43.4 Å². The van der Waals surface area contributed by atoms with Crippen LogP contribution in [-0.4, -0.2) is 17.3 Å². The molecule has 1 aromatic carbocycles. The Bertz CT molecular complexity index is 394. The molecule has 0 bridgehead atoms. The standard InChI is InChI=1S/C14H18F3NO/c15-14(16,17)11-3-1-10(2-4-11)9-18-12-5-7-13(19)8-6-12/h1-4,12-13,18-19H,5-9H2. The highest BCUT2D eigenvalue weighted by Crippen LogP contribution is 2.29. The number of hydrogen-bond donors (Lipinski definition) is 2. The molecule has 0 unspecified atom stereocenters. The first kappa shape index (κ1) is 14.3. The molecule has 2 rings (SSSR count). The molecule has 1 aliphatic carbocycles. The number of aliphatic hydroxyl groups excluding tert-OH is 1. The van der Waals surface area contributed by atoms with Crippen LogP contribution in [0.25, 0.3) is 0 Å². The van der Waals surface area contributed by atoms with Gasteiger partial charge < -0.3 is 10.4 Å². The molecule has 0 radical (unpaired) electrons. The Hall–Kier alpha value is -1.07. The van der Waals surface area contributed by atoms with Gasteiger partial charge in [-0.25, -0.2) is 0 Å². The predicted octanol–water partition coefficient (Wildman–Crippen LogP) is 3.10. The van der Waals surface area contributed by atoms with Crippen molar-refractivity contribution in [3.8, 4) is 0 Å². The van der Waals surface area contributed by atoms with Gasteiger partial charge in [-0.15, -0.1) is 0 Å². The Morgan fingerprint density at radius 2 is 1.63 bits per heavy atom. The summed E-state index contributed by atoms with van der Waals surface area (Å²) < 4.78 is 37.2. The SMILES string of the molecule is OC1CCC(NCc2ccc(C(F)(F)F)cc2)CC1. The van der Waals surface area contributed by atoms with Crippen molar-refractivity contribution < 1.29 is 18.3 Å². The molecule has 1 aromatic rings. The van der Waals surface area contributed by atoms with Crippen LogP contribution in [0.5, 0.6) is 0 Å². The van der Waals surface area contributed by atoms with Gasteiger partial charge in [-0.3, -0.25) is 0 Å². The van der Waals surface area contributed by atoms with E-state index < -0.39 is 11.7 Å². The molecular weight excluding hydrogens is 255 g/mol. The van der Waals surface area contributed by atoms with Gasteiger partial charge >= 0.3 is 6.18 Å². The molecule has 1 saturated carbocycles. The minimum atomic E-state index is -4.27. The fourth-order valence-corrected chi connectivity index (χ4v) is 2.35. The van der Waals surface area contributed by atoms with Crippen LogP contribution in [0.4, 0.5) is 13.2 Å². The Labute approximate surface area is 110 Å². The quantitative estimate of drug-likeness (QED) is 0.887. The van der Waals surface area contributed by atoms with Crippen molar-refractivity contribution in [3.63, 3.8) is 0 Å². The third-order valence-corrected chi connectivity index (χ3v) is 3.57. The highest BCUT2D eigenvalue weighted by molar-refractivity contribution is 5.24. The normalized spacial score (nSPS) is 24.4. The van der Waals surface area contributed by atoms with E-state index >= 15 is 0 Å². The van der Waals surface area contributed by atoms with E-state index in [1.165, 1.54) is 12.1 Å². The van der Waals surface area contributed by atoms with Crippen molar-refractivity contribution in [1.82, 2.24) is 5.32 Å². The van der Waals surface area contributed by atoms with Crippen LogP contribution in [0.15, 0.2) is 24.3 Å². The molecule has 0 spiro atoms. The lowest BCUT2D eigenvalue weighted by molar-refractivity contribution is -0.137. The van der Waals surface area contributed by atoms with Gasteiger partial charge in [-0.05, 0) is 43.4 Å². The Kier molecular flexibility index (Phi) is 4.47. The number of benzene rings is 1. The van der Waals surface area contributed by atoms with E-state index in [4.69, 9.17) is 0 Å². The molecule has 0 heterocycles. The summed E-state index contributed by atoms with van der Waals surface area (Å²) in [6.07, 6.45) is -1.03. The molecular formula is C14H18F3NO. The third kappa shape index (κ3) is 4.21. The second-order valence-corrected chi connectivity index (χ2v) is 5.08. The molecule has 19 heavy (non-hydrogen) atoms. The minimum Gasteiger partial charge on any atom is -0.393 e. The van der Waals surface area contributed by atoms with E-state index in [-0.39, 0.29) is 6.10 Å². The average Bonchev–Trinajstić information content (AvgIpc) is 2.37. The number of alkyl halides is 3. The van der Waals surface area contributed by atoms with Gasteiger partial charge in [0.05, 0.1) is 11.7 Å². The molecule has 0 aromatic heterocycles. The molecule has 0 aliphatic heterocycles. The first-order valence-corrected chi connectivity index (χ1v) is 6.53. The lowest BCUT2D eigenvalue weighted by Crippen LogP contribution is -2.34. The zero-order valence-corrected chi connectivity index (χ0v) is 10.6. The summed E-state index contributed by atoms with van der Waals surface area (Å²) in [4.78, 5) is 0. The lowest BCUT2D eigenvalue weighted by atomic mass is 9.93. The summed E-state index contributed by atoms with van der Waals surface area (Å²) in [5.41, 5.74) is 0.233. The van der Waals surface area contributed by atoms with Crippen LogP contribution in [0.2, 0.25) is 0 Å². The van der Waals surface area contributed by atoms with Crippen molar-refractivity contribution in [2.24, 2.45) is 0 Å². The smallest absolute Gasteiger partial charge is 0.393 e. The van der Waals surface area contributed by atoms with Crippen molar-refractivity contribution in [3.05, 3.63) is 35.4 Å². The molecule has 0 saturated heterocycles. The van der Waals surface area contributed by atoms with Crippen LogP contribution >= 0.6 is 0 Å². The van der Waals surface area contributed by atoms with Crippen LogP contribution in [0.3, 0.4) is 0 Å². The maximum Gasteiger partial charge on any atom is 0.416 e. The van der Waals surface area contributed by atoms with E-state index in [9.17, 15) is 18.3 Å². The second-order valence-electron chi connectivity index (χ2n) is 5.08. The average molecular weight is 273 g/mol. The highest BCUT2D eigenvalue weighted by atomic mass is 19.4. The van der Waals surface area contributed by atoms with Crippen LogP contribution in [0, 0.1) is 0 Å². The fraction of sp³-hybridized carbons (Fsp3) is 0.571. The van der Waals surface area contributed by atoms with Crippen molar-refractivity contribution in [2.45, 2.75) is 50.6 Å². The Morgan fingerprint density at radius 3 is 2.16 bits per heavy atom. The molecule has 0 amide bonds. The minimum absolute atomic E-state index is 0.191. The lowest BCUT2D eigenvalue weighted by Gasteiger charge is -2.26. The zero-order chi connectivity index (χ0) is 13.9. The molecule has 2 N–H and O–H groups in total. The van der Waals surface area contributed by atoms with Gasteiger partial charge in [0.2, 0.25) is 0 Å². The van der Waals surface area contributed by atoms with E-state index in [2.05, 4.69) is 5.32 Å². The molecule has 1 fully saturated rings. The van der Waals surface area contributed by atoms with Gasteiger partial charge in [0.25, 0.3) is 0 Å². The Morgan fingerprint density at radius 1 is 1.05 bits per heavy atom. The second kappa shape index (κ2) is 5.92. The number of rotatable bonds is 3. The maximum atomic E-state index is 12.4. The molecule has 0 atom stereocenters. The topological polar surface area (TPSA) is 32.3 Å². The first-order chi connectivity index (χ1) is 8.95. The number of hydrogen-bond acceptors (Lipinski definition) is 2. The van der Waals surface area contributed by atoms with Gasteiger partial charge in [-0.2, -0.15) is 13.2 Å². The summed E-state index contributed by atoms with van der Waals surface area (Å²) in [6.45, 7) is 0.568. The summed E-state index contributed by atoms with van der Waals surface area (Å²) in [5, 5.41) is 12.7. The molecule has 2 nitrogen and oxygen atoms in total. The van der Waals surface area contributed by atoms with E-state index in [1.54, 1.807) is 0 Å². The molecule has 1 aliphatic rings. The van der Waals surface area contributed by atoms with Gasteiger partial charge in [-0.1, -0.05) is 12.1 Å². The van der Waals surface area contributed by atoms with Crippen LogP contribution in [0.1, 0.15) is 36.8 Å². The van der Waals surface area contributed by atoms with Gasteiger partial charge in [0, 0.05) is 12.6 Å². The third-order valence-electron chi connectivity index (χ3n) is 3.57. The van der Waals surface area contributed by atoms with Crippen molar-refractivity contribution in [2.75, 3.05) is 0 Å². The summed E-state index contributed by atoms with van der Waals surface area (Å²) in [7, 11) is 0. The Balaban J connectivity index is 1.83. The van der Waals surface area contributed by atoms with Crippen molar-refractivity contribution >= 4 is 0 Å². The maximum absolute atomic E-state index is 12.4. The zero-order valence-electron chi connectivity index (χ0n) is 10.6. The number of nitrogens with one attached hydrogen (secondary N) is 1. The number of halogens is 3. The van der Waals surface area contributed by atoms with Gasteiger partial charge in [0.15, 0.2) is 0 Å². The predicted molar refractivity (Wildman–Crippen MR) is 66.5 cm³/mol. The van der Waals surface area contributed by atoms with Crippen molar-refractivity contribution in [1.29, 1.82) is 0 Å². The van der Waals surface area contributed by atoms with Gasteiger partial charge in [0.1, 0.15) is 0 Å². The molecule has 106 valence electrons. The van der Waals surface area contributed by atoms with E-state index in [1.807, 2.05) is 0 Å². The largest absolute Gasteiger partial charge is 0.416 e.